The van der Waals surface area contributed by atoms with Gasteiger partial charge in [-0.1, -0.05) is 32.0 Å². The van der Waals surface area contributed by atoms with Gasteiger partial charge in [-0.3, -0.25) is 9.78 Å². The van der Waals surface area contributed by atoms with Gasteiger partial charge in [0.25, 0.3) is 0 Å². The predicted octanol–water partition coefficient (Wildman–Crippen LogP) is 2.64. The first-order chi connectivity index (χ1) is 13.4. The van der Waals surface area contributed by atoms with Crippen LogP contribution >= 0.6 is 0 Å². The summed E-state index contributed by atoms with van der Waals surface area (Å²) in [4.78, 5) is 28.0. The number of pyridine rings is 1. The van der Waals surface area contributed by atoms with Gasteiger partial charge in [-0.25, -0.2) is 4.79 Å². The van der Waals surface area contributed by atoms with Crippen LogP contribution in [0.4, 0.5) is 5.69 Å². The van der Waals surface area contributed by atoms with Gasteiger partial charge in [-0.15, -0.1) is 0 Å². The number of anilines is 1. The molecule has 1 aromatic heterocycles. The van der Waals surface area contributed by atoms with Crippen LogP contribution in [0.3, 0.4) is 0 Å². The molecule has 2 aromatic rings. The molecular formula is C21H28N4O3. The average molecular weight is 384 g/mol. The van der Waals surface area contributed by atoms with Crippen LogP contribution in [0.2, 0.25) is 0 Å². The Bertz CT molecular complexity index is 808. The molecule has 0 aliphatic heterocycles. The summed E-state index contributed by atoms with van der Waals surface area (Å²) in [6, 6.07) is 10.4. The fraction of sp³-hybridized carbons (Fsp3) is 0.381. The van der Waals surface area contributed by atoms with Gasteiger partial charge in [0, 0.05) is 32.0 Å². The molecule has 1 aromatic carbocycles. The molecule has 2 rings (SSSR count). The molecule has 0 saturated heterocycles. The van der Waals surface area contributed by atoms with Crippen molar-refractivity contribution >= 4 is 17.6 Å². The second-order valence-corrected chi connectivity index (χ2v) is 7.03. The molecule has 28 heavy (non-hydrogen) atoms. The molecule has 0 fully saturated rings. The number of hydrogen-bond donors (Lipinski definition) is 4. The van der Waals surface area contributed by atoms with Crippen molar-refractivity contribution in [3.63, 3.8) is 0 Å². The molecule has 1 unspecified atom stereocenters. The topological polar surface area (TPSA) is 103 Å². The monoisotopic (exact) mass is 384 g/mol. The van der Waals surface area contributed by atoms with Crippen LogP contribution in [0, 0.1) is 5.92 Å². The highest BCUT2D eigenvalue weighted by atomic mass is 16.4. The number of carbonyl (C=O) groups excluding carboxylic acids is 1. The summed E-state index contributed by atoms with van der Waals surface area (Å²) in [6.07, 6.45) is 2.13. The Labute approximate surface area is 165 Å². The lowest BCUT2D eigenvalue weighted by atomic mass is 10.0. The Morgan fingerprint density at radius 3 is 2.57 bits per heavy atom. The Hall–Kier alpha value is -2.93. The van der Waals surface area contributed by atoms with E-state index in [2.05, 4.69) is 34.8 Å². The summed E-state index contributed by atoms with van der Waals surface area (Å²) in [7, 11) is 1.85. The van der Waals surface area contributed by atoms with E-state index in [1.165, 1.54) is 18.3 Å². The second kappa shape index (κ2) is 10.4. The number of nitrogens with zero attached hydrogens (tertiary/aromatic N) is 1. The van der Waals surface area contributed by atoms with Crippen molar-refractivity contribution in [2.45, 2.75) is 39.4 Å². The van der Waals surface area contributed by atoms with Gasteiger partial charge < -0.3 is 21.1 Å². The largest absolute Gasteiger partial charge is 0.478 e. The van der Waals surface area contributed by atoms with Gasteiger partial charge in [0.2, 0.25) is 5.91 Å². The molecule has 0 radical (unpaired) electrons. The molecule has 7 heteroatoms. The number of para-hydroxylation sites is 1. The maximum Gasteiger partial charge on any atom is 0.335 e. The van der Waals surface area contributed by atoms with Gasteiger partial charge in [-0.05, 0) is 36.1 Å². The number of nitrogens with one attached hydrogen (secondary N) is 3. The number of aromatic nitrogens is 1. The normalized spacial score (nSPS) is 11.9. The van der Waals surface area contributed by atoms with Crippen LogP contribution in [-0.2, 0) is 17.9 Å². The number of amides is 1. The standard InChI is InChI=1S/C21H28N4O3/c1-14(2)10-19(24-13-17-11-15(21(27)28)8-9-23-17)20(26)25-12-16-6-4-5-7-18(16)22-3/h4-9,11,14,19,22,24H,10,12-13H2,1-3H3,(H,25,26)(H,27,28). The summed E-state index contributed by atoms with van der Waals surface area (Å²) in [6.45, 7) is 4.86. The zero-order chi connectivity index (χ0) is 20.5. The van der Waals surface area contributed by atoms with E-state index in [4.69, 9.17) is 5.11 Å². The smallest absolute Gasteiger partial charge is 0.335 e. The number of rotatable bonds is 10. The van der Waals surface area contributed by atoms with Crippen LogP contribution in [-0.4, -0.2) is 35.1 Å². The lowest BCUT2D eigenvalue weighted by molar-refractivity contribution is -0.123. The number of aromatic carboxylic acids is 1. The van der Waals surface area contributed by atoms with E-state index in [9.17, 15) is 9.59 Å². The lowest BCUT2D eigenvalue weighted by Crippen LogP contribution is -2.44. The number of carboxylic acids is 1. The highest BCUT2D eigenvalue weighted by Crippen LogP contribution is 2.14. The van der Waals surface area contributed by atoms with E-state index in [0.29, 0.717) is 31.1 Å². The molecule has 0 aliphatic rings. The molecule has 7 nitrogen and oxygen atoms in total. The molecule has 0 saturated carbocycles. The maximum atomic E-state index is 12.7. The molecule has 0 aliphatic carbocycles. The van der Waals surface area contributed by atoms with Gasteiger partial charge in [-0.2, -0.15) is 0 Å². The van der Waals surface area contributed by atoms with E-state index in [1.54, 1.807) is 0 Å². The number of benzene rings is 1. The summed E-state index contributed by atoms with van der Waals surface area (Å²) < 4.78 is 0. The fourth-order valence-corrected chi connectivity index (χ4v) is 2.91. The Kier molecular flexibility index (Phi) is 7.95. The Balaban J connectivity index is 2.00. The minimum Gasteiger partial charge on any atom is -0.478 e. The van der Waals surface area contributed by atoms with Crippen molar-refractivity contribution in [1.82, 2.24) is 15.6 Å². The third-order valence-electron chi connectivity index (χ3n) is 4.36. The maximum absolute atomic E-state index is 12.7. The average Bonchev–Trinajstić information content (AvgIpc) is 2.69. The first kappa shape index (κ1) is 21.4. The molecule has 1 atom stereocenters. The fourth-order valence-electron chi connectivity index (χ4n) is 2.91. The first-order valence-electron chi connectivity index (χ1n) is 9.35. The number of carbonyl (C=O) groups is 2. The van der Waals surface area contributed by atoms with Crippen molar-refractivity contribution in [2.24, 2.45) is 5.92 Å². The van der Waals surface area contributed by atoms with Crippen LogP contribution in [0.1, 0.15) is 41.9 Å². The molecular weight excluding hydrogens is 356 g/mol. The highest BCUT2D eigenvalue weighted by Gasteiger charge is 2.19. The van der Waals surface area contributed by atoms with Crippen LogP contribution < -0.4 is 16.0 Å². The van der Waals surface area contributed by atoms with Gasteiger partial charge in [0.1, 0.15) is 0 Å². The van der Waals surface area contributed by atoms with Crippen LogP contribution in [0.15, 0.2) is 42.6 Å². The Morgan fingerprint density at radius 1 is 1.14 bits per heavy atom. The van der Waals surface area contributed by atoms with E-state index in [1.807, 2.05) is 31.3 Å². The second-order valence-electron chi connectivity index (χ2n) is 7.03. The van der Waals surface area contributed by atoms with Crippen molar-refractivity contribution < 1.29 is 14.7 Å². The molecule has 150 valence electrons. The highest BCUT2D eigenvalue weighted by molar-refractivity contribution is 5.87. The molecule has 0 bridgehead atoms. The van der Waals surface area contributed by atoms with Crippen molar-refractivity contribution in [1.29, 1.82) is 0 Å². The number of hydrogen-bond acceptors (Lipinski definition) is 5. The third-order valence-corrected chi connectivity index (χ3v) is 4.36. The van der Waals surface area contributed by atoms with Gasteiger partial charge in [0.05, 0.1) is 17.3 Å². The van der Waals surface area contributed by atoms with E-state index in [-0.39, 0.29) is 11.5 Å². The quantitative estimate of drug-likeness (QED) is 0.502. The third kappa shape index (κ3) is 6.35. The lowest BCUT2D eigenvalue weighted by Gasteiger charge is -2.20. The van der Waals surface area contributed by atoms with Crippen molar-refractivity contribution in [2.75, 3.05) is 12.4 Å². The zero-order valence-corrected chi connectivity index (χ0v) is 16.5. The van der Waals surface area contributed by atoms with Gasteiger partial charge in [0.15, 0.2) is 0 Å². The molecule has 0 spiro atoms. The van der Waals surface area contributed by atoms with E-state index < -0.39 is 12.0 Å². The summed E-state index contributed by atoms with van der Waals surface area (Å²) >= 11 is 0. The zero-order valence-electron chi connectivity index (χ0n) is 16.5. The first-order valence-corrected chi connectivity index (χ1v) is 9.35. The SMILES string of the molecule is CNc1ccccc1CNC(=O)C(CC(C)C)NCc1cc(C(=O)O)ccn1. The predicted molar refractivity (Wildman–Crippen MR) is 109 cm³/mol. The molecule has 1 heterocycles. The van der Waals surface area contributed by atoms with E-state index in [0.717, 1.165) is 11.3 Å². The molecule has 1 amide bonds. The number of carboxylic acid groups (broad SMARTS) is 1. The Morgan fingerprint density at radius 2 is 1.89 bits per heavy atom. The van der Waals surface area contributed by atoms with Crippen molar-refractivity contribution in [3.05, 3.63) is 59.4 Å². The summed E-state index contributed by atoms with van der Waals surface area (Å²) in [5.74, 6) is -0.761. The summed E-state index contributed by atoms with van der Waals surface area (Å²) in [5.41, 5.74) is 2.76. The van der Waals surface area contributed by atoms with Crippen molar-refractivity contribution in [3.8, 4) is 0 Å². The van der Waals surface area contributed by atoms with Gasteiger partial charge >= 0.3 is 5.97 Å². The van der Waals surface area contributed by atoms with E-state index >= 15 is 0 Å². The molecule has 4 N–H and O–H groups in total. The van der Waals surface area contributed by atoms with Crippen LogP contribution in [0.5, 0.6) is 0 Å². The summed E-state index contributed by atoms with van der Waals surface area (Å²) in [5, 5.41) is 18.4. The minimum atomic E-state index is -0.997. The minimum absolute atomic E-state index is 0.0889. The van der Waals surface area contributed by atoms with Crippen LogP contribution in [0.25, 0.3) is 0 Å².